The van der Waals surface area contributed by atoms with Crippen LogP contribution in [0.5, 0.6) is 5.75 Å². The van der Waals surface area contributed by atoms with E-state index >= 15 is 4.39 Å². The molecule has 2 amide bonds. The maximum absolute atomic E-state index is 15.4. The van der Waals surface area contributed by atoms with Crippen LogP contribution < -0.4 is 21.1 Å². The molecule has 13 heteroatoms. The first-order valence-corrected chi connectivity index (χ1v) is 14.4. The summed E-state index contributed by atoms with van der Waals surface area (Å²) in [5, 5.41) is 7.26. The number of nitrogens with zero attached hydrogens (tertiary/aromatic N) is 2. The molecule has 0 saturated carbocycles. The van der Waals surface area contributed by atoms with E-state index in [1.165, 1.54) is 44.6 Å². The molecule has 1 aliphatic heterocycles. The number of carbonyl (C=O) groups excluding carboxylic acids is 2. The van der Waals surface area contributed by atoms with Gasteiger partial charge in [0, 0.05) is 35.1 Å². The minimum atomic E-state index is -2.38. The van der Waals surface area contributed by atoms with Crippen molar-refractivity contribution in [1.82, 2.24) is 9.88 Å². The van der Waals surface area contributed by atoms with E-state index in [0.29, 0.717) is 47.9 Å². The lowest BCUT2D eigenvalue weighted by Gasteiger charge is -2.31. The topological polar surface area (TPSA) is 156 Å². The molecule has 5 N–H and O–H groups in total. The fourth-order valence-electron chi connectivity index (χ4n) is 5.33. The number of halogens is 1. The van der Waals surface area contributed by atoms with Crippen molar-refractivity contribution in [3.8, 4) is 5.75 Å². The molecular formula is C30H30FN5O6S. The minimum absolute atomic E-state index is 0.0661. The van der Waals surface area contributed by atoms with Crippen LogP contribution in [0.4, 0.5) is 26.4 Å². The first-order valence-electron chi connectivity index (χ1n) is 13.3. The highest BCUT2D eigenvalue weighted by Gasteiger charge is 2.37. The zero-order valence-corrected chi connectivity index (χ0v) is 24.2. The fourth-order valence-corrected chi connectivity index (χ4v) is 5.92. The van der Waals surface area contributed by atoms with Gasteiger partial charge in [-0.05, 0) is 84.5 Å². The molecule has 224 valence electrons. The van der Waals surface area contributed by atoms with Gasteiger partial charge in [0.05, 0.1) is 25.2 Å². The number of pyridine rings is 1. The Morgan fingerprint density at radius 2 is 1.91 bits per heavy atom. The average Bonchev–Trinajstić information content (AvgIpc) is 3.50. The van der Waals surface area contributed by atoms with Crippen molar-refractivity contribution in [1.29, 1.82) is 0 Å². The summed E-state index contributed by atoms with van der Waals surface area (Å²) >= 11 is -2.38. The maximum atomic E-state index is 15.4. The Bertz CT molecular complexity index is 1720. The van der Waals surface area contributed by atoms with Crippen LogP contribution in [0.15, 0.2) is 71.8 Å². The van der Waals surface area contributed by atoms with Crippen LogP contribution in [0, 0.1) is 5.82 Å². The number of ether oxygens (including phenoxy) is 2. The Labute approximate surface area is 249 Å². The van der Waals surface area contributed by atoms with Crippen LogP contribution in [0.2, 0.25) is 0 Å². The van der Waals surface area contributed by atoms with Gasteiger partial charge in [0.25, 0.3) is 0 Å². The standard InChI is InChI=1S/C30H30FN5O6S/c1-41-20-7-9-24(31)22(16-20)27(34-18-5-8-21-17(14-18)11-12-33-28(21)32)29(37)36-13-3-4-25(36)23-15-19(35-30(38)42-2)6-10-26(23)43(39)40/h5-12,14-16,25,27,34H,3-4,13H2,1-2H3,(H2,32,33)(H,35,38)(H,39,40)/t25-,27+/m1/s1. The molecule has 4 aromatic rings. The van der Waals surface area contributed by atoms with E-state index in [1.807, 2.05) is 0 Å². The molecule has 1 fully saturated rings. The van der Waals surface area contributed by atoms with Gasteiger partial charge in [0.1, 0.15) is 23.4 Å². The van der Waals surface area contributed by atoms with Crippen LogP contribution in [0.1, 0.15) is 36.1 Å². The summed E-state index contributed by atoms with van der Waals surface area (Å²) in [5.74, 6) is -0.342. The largest absolute Gasteiger partial charge is 0.497 e. The molecule has 0 spiro atoms. The quantitative estimate of drug-likeness (QED) is 0.197. The Kier molecular flexibility index (Phi) is 8.73. The molecule has 0 bridgehead atoms. The summed E-state index contributed by atoms with van der Waals surface area (Å²) in [4.78, 5) is 32.0. The van der Waals surface area contributed by atoms with Crippen LogP contribution in [-0.2, 0) is 20.6 Å². The molecule has 1 aromatic heterocycles. The first-order chi connectivity index (χ1) is 20.7. The van der Waals surface area contributed by atoms with Crippen molar-refractivity contribution in [3.05, 3.63) is 83.8 Å². The summed E-state index contributed by atoms with van der Waals surface area (Å²) in [6.07, 6.45) is 1.94. The number of methoxy groups -OCH3 is 2. The predicted octanol–water partition coefficient (Wildman–Crippen LogP) is 5.24. The second-order valence-corrected chi connectivity index (χ2v) is 10.8. The van der Waals surface area contributed by atoms with Gasteiger partial charge in [0.15, 0.2) is 11.1 Å². The molecule has 0 aliphatic carbocycles. The molecule has 1 unspecified atom stereocenters. The number of carbonyl (C=O) groups is 2. The predicted molar refractivity (Wildman–Crippen MR) is 161 cm³/mol. The minimum Gasteiger partial charge on any atom is -0.497 e. The lowest BCUT2D eigenvalue weighted by atomic mass is 10.00. The number of likely N-dealkylation sites (tertiary alicyclic amines) is 1. The van der Waals surface area contributed by atoms with Crippen LogP contribution in [0.25, 0.3) is 10.8 Å². The number of nitrogens with one attached hydrogen (secondary N) is 2. The van der Waals surface area contributed by atoms with E-state index in [9.17, 15) is 18.4 Å². The number of nitrogens with two attached hydrogens (primary N) is 1. The summed E-state index contributed by atoms with van der Waals surface area (Å²) < 4.78 is 47.7. The van der Waals surface area contributed by atoms with E-state index in [1.54, 1.807) is 41.4 Å². The number of rotatable bonds is 8. The van der Waals surface area contributed by atoms with Gasteiger partial charge >= 0.3 is 6.09 Å². The van der Waals surface area contributed by atoms with Crippen LogP contribution >= 0.6 is 0 Å². The molecule has 3 atom stereocenters. The molecule has 1 aliphatic rings. The highest BCUT2D eigenvalue weighted by atomic mass is 32.2. The van der Waals surface area contributed by atoms with Gasteiger partial charge in [-0.3, -0.25) is 10.1 Å². The van der Waals surface area contributed by atoms with Crippen LogP contribution in [0.3, 0.4) is 0 Å². The number of fused-ring (bicyclic) bond motifs is 1. The van der Waals surface area contributed by atoms with Gasteiger partial charge in [-0.1, -0.05) is 0 Å². The molecule has 5 rings (SSSR count). The van der Waals surface area contributed by atoms with Crippen molar-refractivity contribution in [2.75, 3.05) is 37.1 Å². The van der Waals surface area contributed by atoms with E-state index in [4.69, 9.17) is 10.5 Å². The monoisotopic (exact) mass is 607 g/mol. The summed E-state index contributed by atoms with van der Waals surface area (Å²) in [6.45, 7) is 0.319. The third-order valence-corrected chi connectivity index (χ3v) is 8.14. The van der Waals surface area contributed by atoms with Crippen molar-refractivity contribution < 1.29 is 32.2 Å². The highest BCUT2D eigenvalue weighted by molar-refractivity contribution is 7.79. The molecule has 11 nitrogen and oxygen atoms in total. The Morgan fingerprint density at radius 3 is 2.65 bits per heavy atom. The SMILES string of the molecule is COC(=O)Nc1ccc(S(=O)O)c([C@H]2CCCN2C(=O)[C@@H](Nc2ccc3c(N)nccc3c2)c2cc(OC)ccc2F)c1. The van der Waals surface area contributed by atoms with Crippen molar-refractivity contribution in [2.24, 2.45) is 0 Å². The first kappa shape index (κ1) is 29.7. The van der Waals surface area contributed by atoms with Gasteiger partial charge in [0.2, 0.25) is 5.91 Å². The Morgan fingerprint density at radius 1 is 1.12 bits per heavy atom. The highest BCUT2D eigenvalue weighted by Crippen LogP contribution is 2.39. The van der Waals surface area contributed by atoms with E-state index < -0.39 is 41.0 Å². The van der Waals surface area contributed by atoms with Gasteiger partial charge in [-0.15, -0.1) is 0 Å². The number of amides is 2. The van der Waals surface area contributed by atoms with Crippen molar-refractivity contribution >= 4 is 51.0 Å². The molecule has 3 aromatic carbocycles. The third kappa shape index (κ3) is 6.22. The summed E-state index contributed by atoms with van der Waals surface area (Å²) in [5.41, 5.74) is 7.32. The van der Waals surface area contributed by atoms with E-state index in [-0.39, 0.29) is 10.5 Å². The second-order valence-electron chi connectivity index (χ2n) is 9.90. The number of anilines is 3. The number of nitrogen functional groups attached to an aromatic ring is 1. The fraction of sp³-hybridized carbons (Fsp3) is 0.233. The lowest BCUT2D eigenvalue weighted by molar-refractivity contribution is -0.133. The lowest BCUT2D eigenvalue weighted by Crippen LogP contribution is -2.38. The molecule has 43 heavy (non-hydrogen) atoms. The smallest absolute Gasteiger partial charge is 0.411 e. The summed E-state index contributed by atoms with van der Waals surface area (Å²) in [7, 11) is 2.67. The van der Waals surface area contributed by atoms with Gasteiger partial charge < -0.3 is 30.0 Å². The zero-order valence-electron chi connectivity index (χ0n) is 23.4. The van der Waals surface area contributed by atoms with Crippen molar-refractivity contribution in [3.63, 3.8) is 0 Å². The number of hydrogen-bond donors (Lipinski definition) is 4. The second kappa shape index (κ2) is 12.6. The van der Waals surface area contributed by atoms with Crippen LogP contribution in [-0.4, -0.2) is 51.4 Å². The molecule has 2 heterocycles. The van der Waals surface area contributed by atoms with Crippen molar-refractivity contribution in [2.45, 2.75) is 29.8 Å². The van der Waals surface area contributed by atoms with E-state index in [0.717, 1.165) is 10.8 Å². The summed E-state index contributed by atoms with van der Waals surface area (Å²) in [6, 6.07) is 13.9. The Hall–Kier alpha value is -4.75. The van der Waals surface area contributed by atoms with E-state index in [2.05, 4.69) is 20.4 Å². The maximum Gasteiger partial charge on any atom is 0.411 e. The number of benzene rings is 3. The molecule has 1 saturated heterocycles. The van der Waals surface area contributed by atoms with Gasteiger partial charge in [-0.2, -0.15) is 0 Å². The average molecular weight is 608 g/mol. The number of aromatic nitrogens is 1. The van der Waals surface area contributed by atoms with Gasteiger partial charge in [-0.25, -0.2) is 18.4 Å². The zero-order chi connectivity index (χ0) is 30.7. The molecular weight excluding hydrogens is 577 g/mol. The molecule has 0 radical (unpaired) electrons. The Balaban J connectivity index is 1.56. The number of hydrogen-bond acceptors (Lipinski definition) is 8. The normalized spacial score (nSPS) is 16.0. The third-order valence-electron chi connectivity index (χ3n) is 7.39.